The Balaban J connectivity index is 1.66. The van der Waals surface area contributed by atoms with Crippen LogP contribution in [-0.4, -0.2) is 33.9 Å². The Hall–Kier alpha value is -1.14. The van der Waals surface area contributed by atoms with Gasteiger partial charge in [0.1, 0.15) is 5.82 Å². The summed E-state index contributed by atoms with van der Waals surface area (Å²) in [6.45, 7) is 2.88. The largest absolute Gasteiger partial charge is 0.353 e. The fourth-order valence-corrected chi connectivity index (χ4v) is 2.70. The fraction of sp³-hybridized carbons (Fsp3) is 0.846. The van der Waals surface area contributed by atoms with Crippen LogP contribution in [0.1, 0.15) is 37.9 Å². The Morgan fingerprint density at radius 3 is 2.84 bits per heavy atom. The van der Waals surface area contributed by atoms with Gasteiger partial charge in [-0.25, -0.2) is 9.48 Å². The minimum Gasteiger partial charge on any atom is -0.353 e. The fourth-order valence-electron chi connectivity index (χ4n) is 2.70. The summed E-state index contributed by atoms with van der Waals surface area (Å²) in [5.41, 5.74) is 0.0210. The number of ether oxygens (including phenoxy) is 2. The second kappa shape index (κ2) is 5.88. The Kier molecular flexibility index (Phi) is 3.98. The van der Waals surface area contributed by atoms with Gasteiger partial charge in [-0.3, -0.25) is 4.57 Å². The van der Waals surface area contributed by atoms with Gasteiger partial charge in [0.25, 0.3) is 0 Å². The van der Waals surface area contributed by atoms with Crippen molar-refractivity contribution in [3.05, 3.63) is 16.3 Å². The lowest BCUT2D eigenvalue weighted by atomic mass is 10.2. The number of fused-ring (bicyclic) bond motifs is 1. The molecule has 0 unspecified atom stereocenters. The van der Waals surface area contributed by atoms with E-state index in [2.05, 4.69) is 5.10 Å². The molecule has 1 fully saturated rings. The Morgan fingerprint density at radius 2 is 2.00 bits per heavy atom. The van der Waals surface area contributed by atoms with Crippen molar-refractivity contribution in [2.75, 3.05) is 13.2 Å². The summed E-state index contributed by atoms with van der Waals surface area (Å²) in [6.07, 6.45) is 5.78. The van der Waals surface area contributed by atoms with Gasteiger partial charge in [0.05, 0.1) is 19.8 Å². The zero-order chi connectivity index (χ0) is 13.1. The highest BCUT2D eigenvalue weighted by Crippen LogP contribution is 2.12. The highest BCUT2D eigenvalue weighted by atomic mass is 16.7. The Bertz CT molecular complexity index is 474. The van der Waals surface area contributed by atoms with E-state index in [1.54, 1.807) is 4.68 Å². The number of aromatic nitrogens is 3. The maximum Gasteiger partial charge on any atom is 0.345 e. The first-order valence-electron chi connectivity index (χ1n) is 7.24. The molecule has 0 saturated carbocycles. The van der Waals surface area contributed by atoms with Gasteiger partial charge < -0.3 is 9.47 Å². The van der Waals surface area contributed by atoms with Crippen molar-refractivity contribution in [1.29, 1.82) is 0 Å². The van der Waals surface area contributed by atoms with Gasteiger partial charge in [0.2, 0.25) is 0 Å². The van der Waals surface area contributed by atoms with Crippen molar-refractivity contribution in [2.45, 2.75) is 57.9 Å². The normalized spacial score (nSPS) is 21.1. The van der Waals surface area contributed by atoms with Crippen LogP contribution in [0, 0.1) is 0 Å². The Morgan fingerprint density at radius 1 is 1.16 bits per heavy atom. The van der Waals surface area contributed by atoms with Crippen LogP contribution in [-0.2, 0) is 29.0 Å². The van der Waals surface area contributed by atoms with E-state index in [9.17, 15) is 4.79 Å². The smallest absolute Gasteiger partial charge is 0.345 e. The van der Waals surface area contributed by atoms with Crippen LogP contribution in [0.2, 0.25) is 0 Å². The van der Waals surface area contributed by atoms with Gasteiger partial charge in [0.15, 0.2) is 6.29 Å². The molecule has 0 radical (unpaired) electrons. The zero-order valence-electron chi connectivity index (χ0n) is 11.2. The van der Waals surface area contributed by atoms with Gasteiger partial charge in [0, 0.05) is 19.4 Å². The minimum atomic E-state index is -0.179. The summed E-state index contributed by atoms with van der Waals surface area (Å²) >= 11 is 0. The lowest BCUT2D eigenvalue weighted by Crippen LogP contribution is -2.30. The second-order valence-corrected chi connectivity index (χ2v) is 5.20. The molecule has 3 rings (SSSR count). The van der Waals surface area contributed by atoms with Gasteiger partial charge >= 0.3 is 5.69 Å². The van der Waals surface area contributed by atoms with E-state index < -0.39 is 0 Å². The summed E-state index contributed by atoms with van der Waals surface area (Å²) in [4.78, 5) is 12.2. The van der Waals surface area contributed by atoms with Gasteiger partial charge in [-0.05, 0) is 19.3 Å². The predicted molar refractivity (Wildman–Crippen MR) is 69.0 cm³/mol. The first kappa shape index (κ1) is 12.9. The zero-order valence-corrected chi connectivity index (χ0v) is 11.2. The molecule has 2 aliphatic rings. The van der Waals surface area contributed by atoms with E-state index >= 15 is 0 Å². The molecule has 3 heterocycles. The van der Waals surface area contributed by atoms with Crippen molar-refractivity contribution < 1.29 is 9.47 Å². The third kappa shape index (κ3) is 2.90. The average Bonchev–Trinajstić information content (AvgIpc) is 2.63. The van der Waals surface area contributed by atoms with Crippen molar-refractivity contribution in [1.82, 2.24) is 14.3 Å². The van der Waals surface area contributed by atoms with Crippen LogP contribution in [0.15, 0.2) is 4.79 Å². The van der Waals surface area contributed by atoms with Gasteiger partial charge in [-0.1, -0.05) is 6.42 Å². The minimum absolute atomic E-state index is 0.0210. The molecule has 6 nitrogen and oxygen atoms in total. The molecule has 6 heteroatoms. The highest BCUT2D eigenvalue weighted by molar-refractivity contribution is 4.90. The monoisotopic (exact) mass is 267 g/mol. The van der Waals surface area contributed by atoms with E-state index in [0.29, 0.717) is 13.0 Å². The predicted octanol–water partition coefficient (Wildman–Crippen LogP) is 0.924. The standard InChI is InChI=1S/C13H21N3O3/c17-13-15-7-3-1-2-5-11(15)14-16(13)8-6-12-18-9-4-10-19-12/h12H,1-10H2. The molecule has 1 saturated heterocycles. The first-order chi connectivity index (χ1) is 9.34. The number of hydrogen-bond acceptors (Lipinski definition) is 4. The van der Waals surface area contributed by atoms with Crippen molar-refractivity contribution in [3.8, 4) is 0 Å². The molecule has 2 aliphatic heterocycles. The van der Waals surface area contributed by atoms with Gasteiger partial charge in [-0.15, -0.1) is 0 Å². The van der Waals surface area contributed by atoms with Crippen LogP contribution >= 0.6 is 0 Å². The SMILES string of the molecule is O=c1n(CCC2OCCCO2)nc2n1CCCCC2. The summed E-state index contributed by atoms with van der Waals surface area (Å²) in [5.74, 6) is 0.938. The maximum absolute atomic E-state index is 12.2. The number of rotatable bonds is 3. The number of aryl methyl sites for hydroxylation is 2. The summed E-state index contributed by atoms with van der Waals surface area (Å²) < 4.78 is 14.4. The second-order valence-electron chi connectivity index (χ2n) is 5.20. The molecule has 106 valence electrons. The molecule has 0 bridgehead atoms. The lowest BCUT2D eigenvalue weighted by Gasteiger charge is -2.22. The van der Waals surface area contributed by atoms with E-state index in [0.717, 1.165) is 51.3 Å². The van der Waals surface area contributed by atoms with Crippen molar-refractivity contribution >= 4 is 0 Å². The topological polar surface area (TPSA) is 58.3 Å². The number of hydrogen-bond donors (Lipinski definition) is 0. The molecule has 0 amide bonds. The molecule has 0 aromatic carbocycles. The van der Waals surface area contributed by atoms with Crippen molar-refractivity contribution in [3.63, 3.8) is 0 Å². The lowest BCUT2D eigenvalue weighted by molar-refractivity contribution is -0.182. The highest BCUT2D eigenvalue weighted by Gasteiger charge is 2.18. The van der Waals surface area contributed by atoms with Crippen LogP contribution < -0.4 is 5.69 Å². The third-order valence-electron chi connectivity index (χ3n) is 3.75. The number of nitrogens with zero attached hydrogens (tertiary/aromatic N) is 3. The third-order valence-corrected chi connectivity index (χ3v) is 3.75. The molecule has 1 aromatic heterocycles. The van der Waals surface area contributed by atoms with E-state index in [1.807, 2.05) is 4.57 Å². The summed E-state index contributed by atoms with van der Waals surface area (Å²) in [7, 11) is 0. The van der Waals surface area contributed by atoms with Crippen LogP contribution in [0.5, 0.6) is 0 Å². The molecule has 0 N–H and O–H groups in total. The van der Waals surface area contributed by atoms with Crippen LogP contribution in [0.4, 0.5) is 0 Å². The molecule has 0 atom stereocenters. The van der Waals surface area contributed by atoms with E-state index in [-0.39, 0.29) is 12.0 Å². The molecular formula is C13H21N3O3. The maximum atomic E-state index is 12.2. The van der Waals surface area contributed by atoms with Crippen molar-refractivity contribution in [2.24, 2.45) is 0 Å². The summed E-state index contributed by atoms with van der Waals surface area (Å²) in [6, 6.07) is 0. The summed E-state index contributed by atoms with van der Waals surface area (Å²) in [5, 5.41) is 4.45. The molecule has 19 heavy (non-hydrogen) atoms. The van der Waals surface area contributed by atoms with Crippen LogP contribution in [0.25, 0.3) is 0 Å². The average molecular weight is 267 g/mol. The van der Waals surface area contributed by atoms with Gasteiger partial charge in [-0.2, -0.15) is 5.10 Å². The molecular weight excluding hydrogens is 246 g/mol. The quantitative estimate of drug-likeness (QED) is 0.817. The van der Waals surface area contributed by atoms with E-state index in [4.69, 9.17) is 9.47 Å². The molecule has 1 aromatic rings. The van der Waals surface area contributed by atoms with E-state index in [1.165, 1.54) is 6.42 Å². The van der Waals surface area contributed by atoms with Crippen LogP contribution in [0.3, 0.4) is 0 Å². The first-order valence-corrected chi connectivity index (χ1v) is 7.24. The molecule has 0 aliphatic carbocycles. The molecule has 0 spiro atoms. The Labute approximate surface area is 112 Å².